The predicted molar refractivity (Wildman–Crippen MR) is 190 cm³/mol. The summed E-state index contributed by atoms with van der Waals surface area (Å²) in [5.41, 5.74) is 5.73. The van der Waals surface area contributed by atoms with Crippen molar-refractivity contribution in [3.8, 4) is 0 Å². The van der Waals surface area contributed by atoms with Crippen LogP contribution in [0.1, 0.15) is 232 Å². The lowest BCUT2D eigenvalue weighted by Crippen LogP contribution is -2.23. The van der Waals surface area contributed by atoms with Crippen LogP contribution in [0.15, 0.2) is 12.2 Å². The van der Waals surface area contributed by atoms with Gasteiger partial charge in [-0.3, -0.25) is 4.79 Å². The minimum Gasteiger partial charge on any atom is -0.369 e. The fourth-order valence-corrected chi connectivity index (χ4v) is 6.36. The Morgan fingerprint density at radius 2 is 0.643 bits per heavy atom. The van der Waals surface area contributed by atoms with Gasteiger partial charge >= 0.3 is 0 Å². The summed E-state index contributed by atoms with van der Waals surface area (Å²) in [5, 5.41) is 0. The molecular formula is C40H79NO. The number of allylic oxidation sites excluding steroid dienone is 2. The number of rotatable bonds is 36. The van der Waals surface area contributed by atoms with Crippen LogP contribution in [-0.2, 0) is 4.79 Å². The summed E-state index contributed by atoms with van der Waals surface area (Å²) in [5.74, 6) is 0.0533. The number of hydrogen-bond acceptors (Lipinski definition) is 1. The number of nitrogens with two attached hydrogens (primary N) is 1. The van der Waals surface area contributed by atoms with Crippen molar-refractivity contribution in [2.45, 2.75) is 232 Å². The van der Waals surface area contributed by atoms with Gasteiger partial charge in [0, 0.05) is 5.92 Å². The highest BCUT2D eigenvalue weighted by Crippen LogP contribution is 2.20. The molecular weight excluding hydrogens is 510 g/mol. The number of carbonyl (C=O) groups is 1. The maximum atomic E-state index is 11.9. The highest BCUT2D eigenvalue weighted by Gasteiger charge is 2.14. The van der Waals surface area contributed by atoms with Crippen LogP contribution in [0.2, 0.25) is 0 Å². The van der Waals surface area contributed by atoms with E-state index in [9.17, 15) is 4.79 Å². The van der Waals surface area contributed by atoms with Gasteiger partial charge in [0.05, 0.1) is 0 Å². The third-order valence-electron chi connectivity index (χ3n) is 9.37. The summed E-state index contributed by atoms with van der Waals surface area (Å²) in [6.07, 6.45) is 50.7. The van der Waals surface area contributed by atoms with Gasteiger partial charge in [0.1, 0.15) is 0 Å². The molecule has 2 nitrogen and oxygen atoms in total. The van der Waals surface area contributed by atoms with Gasteiger partial charge in [-0.25, -0.2) is 0 Å². The van der Waals surface area contributed by atoms with Crippen LogP contribution in [0.4, 0.5) is 0 Å². The zero-order chi connectivity index (χ0) is 30.6. The summed E-state index contributed by atoms with van der Waals surface area (Å²) < 4.78 is 0. The summed E-state index contributed by atoms with van der Waals surface area (Å²) in [6.45, 7) is 4.58. The molecule has 0 aromatic heterocycles. The van der Waals surface area contributed by atoms with Crippen molar-refractivity contribution < 1.29 is 4.79 Å². The lowest BCUT2D eigenvalue weighted by molar-refractivity contribution is -0.122. The number of carbonyl (C=O) groups excluding carboxylic acids is 1. The van der Waals surface area contributed by atoms with Crippen molar-refractivity contribution in [2.75, 3.05) is 0 Å². The van der Waals surface area contributed by atoms with Crippen LogP contribution in [0.3, 0.4) is 0 Å². The topological polar surface area (TPSA) is 43.1 Å². The first-order valence-electron chi connectivity index (χ1n) is 19.7. The van der Waals surface area contributed by atoms with Gasteiger partial charge in [-0.05, 0) is 38.5 Å². The quantitative estimate of drug-likeness (QED) is 0.0573. The molecule has 2 N–H and O–H groups in total. The smallest absolute Gasteiger partial charge is 0.220 e. The first-order valence-corrected chi connectivity index (χ1v) is 19.7. The standard InChI is InChI=1S/C40H79NO/c1-3-5-7-9-11-13-15-17-19-21-22-24-26-28-30-32-34-36-38-39(40(41)42)37-35-33-31-29-27-25-23-20-18-16-14-12-10-8-6-4-2/h18,20,39H,3-17,19,21-38H2,1-2H3,(H2,41,42)/b20-18-. The molecule has 0 rings (SSSR count). The van der Waals surface area contributed by atoms with E-state index < -0.39 is 0 Å². The molecule has 1 amide bonds. The summed E-state index contributed by atoms with van der Waals surface area (Å²) in [4.78, 5) is 11.9. The van der Waals surface area contributed by atoms with Crippen molar-refractivity contribution in [2.24, 2.45) is 11.7 Å². The molecule has 0 bridgehead atoms. The Morgan fingerprint density at radius 3 is 0.905 bits per heavy atom. The second-order valence-corrected chi connectivity index (χ2v) is 13.6. The van der Waals surface area contributed by atoms with Crippen molar-refractivity contribution in [1.82, 2.24) is 0 Å². The second kappa shape index (κ2) is 36.4. The van der Waals surface area contributed by atoms with Gasteiger partial charge < -0.3 is 5.73 Å². The minimum atomic E-state index is -0.0604. The van der Waals surface area contributed by atoms with Crippen molar-refractivity contribution in [1.29, 1.82) is 0 Å². The molecule has 0 aromatic carbocycles. The zero-order valence-corrected chi connectivity index (χ0v) is 29.3. The third kappa shape index (κ3) is 33.7. The Bertz CT molecular complexity index is 542. The largest absolute Gasteiger partial charge is 0.369 e. The fraction of sp³-hybridized carbons (Fsp3) is 0.925. The lowest BCUT2D eigenvalue weighted by Gasteiger charge is -2.13. The average Bonchev–Trinajstić information content (AvgIpc) is 2.99. The number of unbranched alkanes of at least 4 members (excludes halogenated alkanes) is 29. The van der Waals surface area contributed by atoms with Gasteiger partial charge in [0.25, 0.3) is 0 Å². The number of hydrogen-bond donors (Lipinski definition) is 1. The molecule has 0 spiro atoms. The van der Waals surface area contributed by atoms with Crippen LogP contribution in [0.5, 0.6) is 0 Å². The minimum absolute atomic E-state index is 0.0604. The van der Waals surface area contributed by atoms with E-state index in [0.717, 1.165) is 12.8 Å². The van der Waals surface area contributed by atoms with E-state index in [4.69, 9.17) is 5.73 Å². The summed E-state index contributed by atoms with van der Waals surface area (Å²) >= 11 is 0. The normalized spacial score (nSPS) is 12.4. The number of amides is 1. The Labute approximate surface area is 266 Å². The maximum Gasteiger partial charge on any atom is 0.220 e. The van der Waals surface area contributed by atoms with Crippen LogP contribution >= 0.6 is 0 Å². The molecule has 0 aliphatic heterocycles. The monoisotopic (exact) mass is 590 g/mol. The predicted octanol–water partition coefficient (Wildman–Crippen LogP) is 13.9. The first-order chi connectivity index (χ1) is 20.7. The van der Waals surface area contributed by atoms with Crippen molar-refractivity contribution in [3.63, 3.8) is 0 Å². The third-order valence-corrected chi connectivity index (χ3v) is 9.37. The van der Waals surface area contributed by atoms with Crippen LogP contribution in [0, 0.1) is 5.92 Å². The van der Waals surface area contributed by atoms with Crippen LogP contribution in [0.25, 0.3) is 0 Å². The molecule has 0 radical (unpaired) electrons. The van der Waals surface area contributed by atoms with Gasteiger partial charge in [0.2, 0.25) is 5.91 Å². The highest BCUT2D eigenvalue weighted by atomic mass is 16.1. The van der Waals surface area contributed by atoms with E-state index >= 15 is 0 Å². The van der Waals surface area contributed by atoms with Gasteiger partial charge in [-0.2, -0.15) is 0 Å². The van der Waals surface area contributed by atoms with Crippen molar-refractivity contribution >= 4 is 5.91 Å². The average molecular weight is 590 g/mol. The molecule has 1 atom stereocenters. The molecule has 0 saturated heterocycles. The number of primary amides is 1. The van der Waals surface area contributed by atoms with E-state index in [1.54, 1.807) is 0 Å². The molecule has 0 aromatic rings. The molecule has 2 heteroatoms. The van der Waals surface area contributed by atoms with E-state index in [1.807, 2.05) is 0 Å². The molecule has 0 fully saturated rings. The molecule has 0 saturated carbocycles. The molecule has 250 valence electrons. The zero-order valence-electron chi connectivity index (χ0n) is 29.3. The maximum absolute atomic E-state index is 11.9. The van der Waals surface area contributed by atoms with Crippen LogP contribution in [-0.4, -0.2) is 5.91 Å². The Balaban J connectivity index is 3.40. The molecule has 0 aliphatic carbocycles. The highest BCUT2D eigenvalue weighted by molar-refractivity contribution is 5.76. The summed E-state index contributed by atoms with van der Waals surface area (Å²) in [6, 6.07) is 0. The SMILES string of the molecule is CCCCCCCC/C=C\CCCCCCCCC(CCCCCCCCCCCCCCCCCCCC)C(N)=O. The van der Waals surface area contributed by atoms with Gasteiger partial charge in [-0.1, -0.05) is 206 Å². The fourth-order valence-electron chi connectivity index (χ4n) is 6.36. The first kappa shape index (κ1) is 41.2. The van der Waals surface area contributed by atoms with Crippen LogP contribution < -0.4 is 5.73 Å². The molecule has 1 unspecified atom stereocenters. The van der Waals surface area contributed by atoms with E-state index in [2.05, 4.69) is 26.0 Å². The van der Waals surface area contributed by atoms with Crippen molar-refractivity contribution in [3.05, 3.63) is 12.2 Å². The van der Waals surface area contributed by atoms with E-state index in [1.165, 1.54) is 205 Å². The molecule has 0 aliphatic rings. The van der Waals surface area contributed by atoms with E-state index in [0.29, 0.717) is 0 Å². The Morgan fingerprint density at radius 1 is 0.405 bits per heavy atom. The summed E-state index contributed by atoms with van der Waals surface area (Å²) in [7, 11) is 0. The molecule has 0 heterocycles. The van der Waals surface area contributed by atoms with Gasteiger partial charge in [-0.15, -0.1) is 0 Å². The Hall–Kier alpha value is -0.790. The van der Waals surface area contributed by atoms with Gasteiger partial charge in [0.15, 0.2) is 0 Å². The second-order valence-electron chi connectivity index (χ2n) is 13.6. The molecule has 42 heavy (non-hydrogen) atoms. The van der Waals surface area contributed by atoms with E-state index in [-0.39, 0.29) is 11.8 Å². The lowest BCUT2D eigenvalue weighted by atomic mass is 9.93. The Kier molecular flexibility index (Phi) is 35.7.